The number of halogens is 2. The molecule has 1 N–H and O–H groups in total. The molecule has 2 aromatic rings. The van der Waals surface area contributed by atoms with Gasteiger partial charge in [-0.05, 0) is 56.1 Å². The number of nitrogens with one attached hydrogen (secondary N) is 1. The maximum Gasteiger partial charge on any atom is 0.128 e. The van der Waals surface area contributed by atoms with Gasteiger partial charge >= 0.3 is 0 Å². The molecule has 0 saturated carbocycles. The van der Waals surface area contributed by atoms with E-state index in [0.717, 1.165) is 13.0 Å². The van der Waals surface area contributed by atoms with E-state index in [9.17, 15) is 4.39 Å². The molecule has 0 heterocycles. The summed E-state index contributed by atoms with van der Waals surface area (Å²) in [6, 6.07) is 11.0. The number of hydrogen-bond acceptors (Lipinski definition) is 1. The lowest BCUT2D eigenvalue weighted by Crippen LogP contribution is -2.24. The van der Waals surface area contributed by atoms with Crippen LogP contribution in [-0.2, 0) is 6.42 Å². The minimum Gasteiger partial charge on any atom is -0.310 e. The molecule has 2 rings (SSSR count). The quantitative estimate of drug-likeness (QED) is 0.820. The van der Waals surface area contributed by atoms with E-state index in [1.165, 1.54) is 22.8 Å². The standard InChI is InChI=1S/C18H21ClFN/c1-4-21-18(16-11-15(19)7-8-17(16)20)10-14-9-12(2)5-6-13(14)3/h5-9,11,18,21H,4,10H2,1-3H3. The van der Waals surface area contributed by atoms with E-state index in [0.29, 0.717) is 10.6 Å². The first kappa shape index (κ1) is 16.0. The summed E-state index contributed by atoms with van der Waals surface area (Å²) in [6.45, 7) is 6.97. The van der Waals surface area contributed by atoms with Crippen molar-refractivity contribution in [3.63, 3.8) is 0 Å². The van der Waals surface area contributed by atoms with Gasteiger partial charge in [0.1, 0.15) is 5.82 Å². The maximum absolute atomic E-state index is 14.1. The Bertz CT molecular complexity index is 625. The Hall–Kier alpha value is -1.38. The molecule has 0 bridgehead atoms. The van der Waals surface area contributed by atoms with E-state index < -0.39 is 0 Å². The number of hydrogen-bond donors (Lipinski definition) is 1. The first-order valence-corrected chi connectivity index (χ1v) is 7.63. The fourth-order valence-corrected chi connectivity index (χ4v) is 2.74. The Balaban J connectivity index is 2.35. The summed E-state index contributed by atoms with van der Waals surface area (Å²) in [6.07, 6.45) is 0.749. The van der Waals surface area contributed by atoms with Crippen LogP contribution < -0.4 is 5.32 Å². The van der Waals surface area contributed by atoms with Gasteiger partial charge in [0.15, 0.2) is 0 Å². The van der Waals surface area contributed by atoms with Crippen molar-refractivity contribution < 1.29 is 4.39 Å². The van der Waals surface area contributed by atoms with Crippen molar-refractivity contribution in [2.45, 2.75) is 33.2 Å². The summed E-state index contributed by atoms with van der Waals surface area (Å²) in [4.78, 5) is 0. The van der Waals surface area contributed by atoms with Crippen LogP contribution in [0.4, 0.5) is 4.39 Å². The largest absolute Gasteiger partial charge is 0.310 e. The molecule has 0 aliphatic rings. The van der Waals surface area contributed by atoms with Crippen molar-refractivity contribution in [3.05, 3.63) is 69.5 Å². The van der Waals surface area contributed by atoms with Gasteiger partial charge in [-0.3, -0.25) is 0 Å². The van der Waals surface area contributed by atoms with Crippen molar-refractivity contribution in [2.24, 2.45) is 0 Å². The van der Waals surface area contributed by atoms with Gasteiger partial charge in [0.05, 0.1) is 0 Å². The van der Waals surface area contributed by atoms with E-state index in [-0.39, 0.29) is 11.9 Å². The summed E-state index contributed by atoms with van der Waals surface area (Å²) in [5.41, 5.74) is 4.31. The van der Waals surface area contributed by atoms with Crippen LogP contribution in [0.25, 0.3) is 0 Å². The van der Waals surface area contributed by atoms with E-state index >= 15 is 0 Å². The molecule has 0 saturated heterocycles. The molecule has 21 heavy (non-hydrogen) atoms. The van der Waals surface area contributed by atoms with Crippen LogP contribution in [0.5, 0.6) is 0 Å². The third-order valence-corrected chi connectivity index (χ3v) is 3.95. The minimum absolute atomic E-state index is 0.0748. The fourth-order valence-electron chi connectivity index (χ4n) is 2.56. The monoisotopic (exact) mass is 305 g/mol. The van der Waals surface area contributed by atoms with Crippen LogP contribution >= 0.6 is 11.6 Å². The smallest absolute Gasteiger partial charge is 0.128 e. The number of likely N-dealkylation sites (N-methyl/N-ethyl adjacent to an activating group) is 1. The van der Waals surface area contributed by atoms with E-state index in [1.807, 2.05) is 6.92 Å². The number of benzene rings is 2. The van der Waals surface area contributed by atoms with Crippen LogP contribution in [0.1, 0.15) is 35.2 Å². The van der Waals surface area contributed by atoms with Crippen LogP contribution in [0.2, 0.25) is 5.02 Å². The van der Waals surface area contributed by atoms with Gasteiger partial charge < -0.3 is 5.32 Å². The third kappa shape index (κ3) is 4.05. The minimum atomic E-state index is -0.212. The van der Waals surface area contributed by atoms with Gasteiger partial charge in [-0.25, -0.2) is 4.39 Å². The average molecular weight is 306 g/mol. The lowest BCUT2D eigenvalue weighted by atomic mass is 9.94. The van der Waals surface area contributed by atoms with Gasteiger partial charge in [-0.2, -0.15) is 0 Å². The van der Waals surface area contributed by atoms with Gasteiger partial charge in [0.25, 0.3) is 0 Å². The van der Waals surface area contributed by atoms with Crippen molar-refractivity contribution in [1.29, 1.82) is 0 Å². The highest BCUT2D eigenvalue weighted by atomic mass is 35.5. The van der Waals surface area contributed by atoms with Crippen molar-refractivity contribution in [3.8, 4) is 0 Å². The normalized spacial score (nSPS) is 12.4. The summed E-state index contributed by atoms with van der Waals surface area (Å²) >= 11 is 6.03. The highest BCUT2D eigenvalue weighted by molar-refractivity contribution is 6.30. The molecule has 0 radical (unpaired) electrons. The van der Waals surface area contributed by atoms with Crippen molar-refractivity contribution in [1.82, 2.24) is 5.32 Å². The molecular weight excluding hydrogens is 285 g/mol. The summed E-state index contributed by atoms with van der Waals surface area (Å²) < 4.78 is 14.1. The summed E-state index contributed by atoms with van der Waals surface area (Å²) in [7, 11) is 0. The Kier molecular flexibility index (Phi) is 5.38. The maximum atomic E-state index is 14.1. The second kappa shape index (κ2) is 7.06. The third-order valence-electron chi connectivity index (χ3n) is 3.71. The van der Waals surface area contributed by atoms with Gasteiger partial charge in [0, 0.05) is 16.6 Å². The molecule has 1 atom stereocenters. The van der Waals surface area contributed by atoms with Crippen molar-refractivity contribution in [2.75, 3.05) is 6.54 Å². The summed E-state index contributed by atoms with van der Waals surface area (Å²) in [5.74, 6) is -0.212. The van der Waals surface area contributed by atoms with Crippen LogP contribution in [0.15, 0.2) is 36.4 Å². The Labute approximate surface area is 131 Å². The zero-order valence-corrected chi connectivity index (χ0v) is 13.5. The van der Waals surface area contributed by atoms with E-state index in [1.54, 1.807) is 12.1 Å². The second-order valence-electron chi connectivity index (χ2n) is 5.41. The molecule has 0 amide bonds. The first-order valence-electron chi connectivity index (χ1n) is 7.25. The predicted octanol–water partition coefficient (Wildman–Crippen LogP) is 4.99. The van der Waals surface area contributed by atoms with Gasteiger partial charge in [-0.15, -0.1) is 0 Å². The number of aryl methyl sites for hydroxylation is 2. The molecule has 0 aliphatic carbocycles. The zero-order valence-electron chi connectivity index (χ0n) is 12.7. The van der Waals surface area contributed by atoms with Crippen LogP contribution in [0.3, 0.4) is 0 Å². The highest BCUT2D eigenvalue weighted by Crippen LogP contribution is 2.26. The molecule has 0 fully saturated rings. The van der Waals surface area contributed by atoms with E-state index in [4.69, 9.17) is 11.6 Å². The van der Waals surface area contributed by atoms with E-state index in [2.05, 4.69) is 37.4 Å². The van der Waals surface area contributed by atoms with Crippen LogP contribution in [0, 0.1) is 19.7 Å². The number of rotatable bonds is 5. The zero-order chi connectivity index (χ0) is 15.4. The molecular formula is C18H21ClFN. The first-order chi connectivity index (χ1) is 10.0. The Morgan fingerprint density at radius 2 is 1.90 bits per heavy atom. The molecule has 112 valence electrons. The molecule has 1 nitrogen and oxygen atoms in total. The summed E-state index contributed by atoms with van der Waals surface area (Å²) in [5, 5.41) is 3.93. The molecule has 0 spiro atoms. The lowest BCUT2D eigenvalue weighted by molar-refractivity contribution is 0.509. The average Bonchev–Trinajstić information content (AvgIpc) is 2.45. The SMILES string of the molecule is CCNC(Cc1cc(C)ccc1C)c1cc(Cl)ccc1F. The molecule has 1 unspecified atom stereocenters. The topological polar surface area (TPSA) is 12.0 Å². The fraction of sp³-hybridized carbons (Fsp3) is 0.333. The molecule has 0 aliphatic heterocycles. The molecule has 2 aromatic carbocycles. The van der Waals surface area contributed by atoms with Crippen LogP contribution in [-0.4, -0.2) is 6.54 Å². The Morgan fingerprint density at radius 3 is 2.62 bits per heavy atom. The van der Waals surface area contributed by atoms with Gasteiger partial charge in [0.2, 0.25) is 0 Å². The Morgan fingerprint density at radius 1 is 1.14 bits per heavy atom. The second-order valence-corrected chi connectivity index (χ2v) is 5.85. The highest BCUT2D eigenvalue weighted by Gasteiger charge is 2.17. The predicted molar refractivity (Wildman–Crippen MR) is 87.4 cm³/mol. The van der Waals surface area contributed by atoms with Crippen molar-refractivity contribution >= 4 is 11.6 Å². The molecule has 0 aromatic heterocycles. The molecule has 3 heteroatoms. The van der Waals surface area contributed by atoms with Gasteiger partial charge in [-0.1, -0.05) is 42.3 Å². The lowest BCUT2D eigenvalue weighted by Gasteiger charge is -2.21.